The number of nitrogens with one attached hydrogen (secondary N) is 2. The molecule has 0 radical (unpaired) electrons. The van der Waals surface area contributed by atoms with Crippen LogP contribution in [0.4, 0.5) is 0 Å². The number of guanidine groups is 1. The average Bonchev–Trinajstić information content (AvgIpc) is 3.19. The first-order valence-electron chi connectivity index (χ1n) is 9.76. The van der Waals surface area contributed by atoms with Gasteiger partial charge in [-0.05, 0) is 36.5 Å². The number of nitrogens with zero attached hydrogens (tertiary/aromatic N) is 2. The van der Waals surface area contributed by atoms with Crippen LogP contribution in [0.1, 0.15) is 49.6 Å². The van der Waals surface area contributed by atoms with Crippen molar-refractivity contribution in [3.8, 4) is 0 Å². The molecular weight excluding hydrogens is 420 g/mol. The Labute approximate surface area is 175 Å². The Balaban J connectivity index is 1.63. The van der Waals surface area contributed by atoms with Crippen LogP contribution < -0.4 is 10.6 Å². The van der Waals surface area contributed by atoms with Crippen molar-refractivity contribution in [3.05, 3.63) is 51.8 Å². The van der Waals surface area contributed by atoms with E-state index in [1.807, 2.05) is 6.07 Å². The molecule has 1 saturated heterocycles. The van der Waals surface area contributed by atoms with E-state index in [4.69, 9.17) is 9.26 Å². The Morgan fingerprint density at radius 1 is 1.21 bits per heavy atom. The Hall–Kier alpha value is -1.86. The zero-order valence-corrected chi connectivity index (χ0v) is 18.4. The van der Waals surface area contributed by atoms with Crippen LogP contribution in [0.3, 0.4) is 0 Å². The molecule has 2 N–H and O–H groups in total. The van der Waals surface area contributed by atoms with Gasteiger partial charge < -0.3 is 19.9 Å². The Morgan fingerprint density at radius 3 is 2.54 bits per heavy atom. The minimum atomic E-state index is 0.0353. The highest BCUT2D eigenvalue weighted by Gasteiger charge is 2.34. The van der Waals surface area contributed by atoms with E-state index in [1.54, 1.807) is 7.05 Å². The van der Waals surface area contributed by atoms with E-state index < -0.39 is 0 Å². The van der Waals surface area contributed by atoms with Gasteiger partial charge in [-0.25, -0.2) is 0 Å². The van der Waals surface area contributed by atoms with Crippen LogP contribution in [-0.2, 0) is 16.7 Å². The third-order valence-corrected chi connectivity index (χ3v) is 5.85. The molecule has 2 heterocycles. The molecule has 0 bridgehead atoms. The fourth-order valence-corrected chi connectivity index (χ4v) is 3.73. The van der Waals surface area contributed by atoms with Gasteiger partial charge in [0.1, 0.15) is 0 Å². The van der Waals surface area contributed by atoms with Gasteiger partial charge >= 0.3 is 0 Å². The van der Waals surface area contributed by atoms with E-state index in [-0.39, 0.29) is 5.41 Å². The molecule has 0 atom stereocenters. The van der Waals surface area contributed by atoms with Crippen molar-refractivity contribution in [1.82, 2.24) is 15.8 Å². The SMILES string of the molecule is CN=C(NCc1cc(C(C)C)no1)NCC1(c2ccc(Br)cc2)CCOCC1. The topological polar surface area (TPSA) is 71.7 Å². The lowest BCUT2D eigenvalue weighted by atomic mass is 9.74. The number of hydrogen-bond acceptors (Lipinski definition) is 4. The summed E-state index contributed by atoms with van der Waals surface area (Å²) in [6.07, 6.45) is 1.97. The van der Waals surface area contributed by atoms with Crippen LogP contribution in [-0.4, -0.2) is 37.9 Å². The van der Waals surface area contributed by atoms with Gasteiger partial charge in [-0.3, -0.25) is 4.99 Å². The van der Waals surface area contributed by atoms with E-state index in [0.717, 1.165) is 54.5 Å². The average molecular weight is 449 g/mol. The van der Waals surface area contributed by atoms with E-state index in [2.05, 4.69) is 74.8 Å². The molecule has 28 heavy (non-hydrogen) atoms. The number of ether oxygens (including phenoxy) is 1. The van der Waals surface area contributed by atoms with E-state index in [1.165, 1.54) is 5.56 Å². The second-order valence-electron chi connectivity index (χ2n) is 7.55. The van der Waals surface area contributed by atoms with Crippen LogP contribution >= 0.6 is 15.9 Å². The standard InChI is InChI=1S/C21H29BrN4O2/c1-15(2)19-12-18(28-26-19)13-24-20(23-3)25-14-21(8-10-27-11-9-21)16-4-6-17(22)7-5-16/h4-7,12,15H,8-11,13-14H2,1-3H3,(H2,23,24,25). The van der Waals surface area contributed by atoms with Gasteiger partial charge in [0, 0.05) is 42.8 Å². The van der Waals surface area contributed by atoms with Crippen LogP contribution in [0.25, 0.3) is 0 Å². The predicted molar refractivity (Wildman–Crippen MR) is 115 cm³/mol. The molecule has 1 aliphatic rings. The first-order chi connectivity index (χ1) is 13.5. The number of halogens is 1. The van der Waals surface area contributed by atoms with Gasteiger partial charge in [0.05, 0.1) is 12.2 Å². The quantitative estimate of drug-likeness (QED) is 0.516. The molecule has 1 aromatic heterocycles. The minimum Gasteiger partial charge on any atom is -0.381 e. The summed E-state index contributed by atoms with van der Waals surface area (Å²) < 4.78 is 12.1. The number of aliphatic imine (C=N–C) groups is 1. The van der Waals surface area contributed by atoms with E-state index in [9.17, 15) is 0 Å². The maximum atomic E-state index is 5.63. The van der Waals surface area contributed by atoms with E-state index in [0.29, 0.717) is 12.5 Å². The molecule has 0 amide bonds. The molecule has 0 unspecified atom stereocenters. The maximum Gasteiger partial charge on any atom is 0.191 e. The molecule has 3 rings (SSSR count). The highest BCUT2D eigenvalue weighted by molar-refractivity contribution is 9.10. The lowest BCUT2D eigenvalue weighted by Gasteiger charge is -2.38. The Morgan fingerprint density at radius 2 is 1.93 bits per heavy atom. The third-order valence-electron chi connectivity index (χ3n) is 5.32. The fourth-order valence-electron chi connectivity index (χ4n) is 3.46. The van der Waals surface area contributed by atoms with Crippen molar-refractivity contribution in [1.29, 1.82) is 0 Å². The van der Waals surface area contributed by atoms with Crippen molar-refractivity contribution in [2.75, 3.05) is 26.8 Å². The first kappa shape index (κ1) is 20.9. The van der Waals surface area contributed by atoms with Gasteiger partial charge in [-0.15, -0.1) is 0 Å². The van der Waals surface area contributed by atoms with Crippen LogP contribution in [0, 0.1) is 0 Å². The van der Waals surface area contributed by atoms with Gasteiger partial charge in [-0.2, -0.15) is 0 Å². The molecule has 0 aliphatic carbocycles. The number of aromatic nitrogens is 1. The lowest BCUT2D eigenvalue weighted by Crippen LogP contribution is -2.47. The minimum absolute atomic E-state index is 0.0353. The highest BCUT2D eigenvalue weighted by atomic mass is 79.9. The molecule has 1 fully saturated rings. The summed E-state index contributed by atoms with van der Waals surface area (Å²) in [5.74, 6) is 1.92. The van der Waals surface area contributed by atoms with Gasteiger partial charge in [0.15, 0.2) is 11.7 Å². The van der Waals surface area contributed by atoms with Crippen molar-refractivity contribution in [2.45, 2.75) is 44.6 Å². The number of rotatable bonds is 6. The summed E-state index contributed by atoms with van der Waals surface area (Å²) in [5.41, 5.74) is 2.34. The van der Waals surface area contributed by atoms with Gasteiger partial charge in [0.2, 0.25) is 0 Å². The van der Waals surface area contributed by atoms with E-state index >= 15 is 0 Å². The molecule has 7 heteroatoms. The molecule has 0 saturated carbocycles. The van der Waals surface area contributed by atoms with Crippen LogP contribution in [0.2, 0.25) is 0 Å². The normalized spacial score (nSPS) is 17.0. The van der Waals surface area contributed by atoms with Gasteiger partial charge in [-0.1, -0.05) is 47.1 Å². The summed E-state index contributed by atoms with van der Waals surface area (Å²) in [6, 6.07) is 10.6. The molecule has 6 nitrogen and oxygen atoms in total. The summed E-state index contributed by atoms with van der Waals surface area (Å²) in [7, 11) is 1.78. The van der Waals surface area contributed by atoms with Crippen LogP contribution in [0.15, 0.2) is 44.3 Å². The molecule has 152 valence electrons. The molecule has 0 spiro atoms. The Kier molecular flexibility index (Phi) is 7.13. The second-order valence-corrected chi connectivity index (χ2v) is 8.47. The molecular formula is C21H29BrN4O2. The van der Waals surface area contributed by atoms with Crippen molar-refractivity contribution < 1.29 is 9.26 Å². The summed E-state index contributed by atoms with van der Waals surface area (Å²) in [4.78, 5) is 4.36. The van der Waals surface area contributed by atoms with Gasteiger partial charge in [0.25, 0.3) is 0 Å². The van der Waals surface area contributed by atoms with Crippen molar-refractivity contribution >= 4 is 21.9 Å². The fraction of sp³-hybridized carbons (Fsp3) is 0.524. The third kappa shape index (κ3) is 5.14. The summed E-state index contributed by atoms with van der Waals surface area (Å²) in [5, 5.41) is 10.9. The Bertz CT molecular complexity index is 780. The maximum absolute atomic E-state index is 5.63. The lowest BCUT2D eigenvalue weighted by molar-refractivity contribution is 0.0514. The predicted octanol–water partition coefficient (Wildman–Crippen LogP) is 3.97. The number of hydrogen-bond donors (Lipinski definition) is 2. The summed E-state index contributed by atoms with van der Waals surface area (Å²) >= 11 is 3.53. The summed E-state index contributed by atoms with van der Waals surface area (Å²) in [6.45, 7) is 7.11. The highest BCUT2D eigenvalue weighted by Crippen LogP contribution is 2.34. The molecule has 1 aromatic carbocycles. The molecule has 1 aliphatic heterocycles. The second kappa shape index (κ2) is 9.56. The molecule has 2 aromatic rings. The zero-order valence-electron chi connectivity index (χ0n) is 16.8. The number of benzene rings is 1. The first-order valence-corrected chi connectivity index (χ1v) is 10.6. The zero-order chi connectivity index (χ0) is 20.0. The monoisotopic (exact) mass is 448 g/mol. The smallest absolute Gasteiger partial charge is 0.191 e. The van der Waals surface area contributed by atoms with Crippen molar-refractivity contribution in [2.24, 2.45) is 4.99 Å². The van der Waals surface area contributed by atoms with Crippen molar-refractivity contribution in [3.63, 3.8) is 0 Å². The largest absolute Gasteiger partial charge is 0.381 e. The van der Waals surface area contributed by atoms with Crippen LogP contribution in [0.5, 0.6) is 0 Å².